The molecular weight excluding hydrogens is 208 g/mol. The number of amides is 2. The molecule has 0 atom stereocenters. The Labute approximate surface area is 97.1 Å². The maximum atomic E-state index is 11.5. The lowest BCUT2D eigenvalue weighted by molar-refractivity contribution is -0.110. The summed E-state index contributed by atoms with van der Waals surface area (Å²) in [4.78, 5) is 23.1. The van der Waals surface area contributed by atoms with Crippen molar-refractivity contribution in [2.75, 3.05) is 19.8 Å². The van der Waals surface area contributed by atoms with Crippen LogP contribution in [0, 0.1) is 0 Å². The molecule has 0 rings (SSSR count). The van der Waals surface area contributed by atoms with Gasteiger partial charge in [0.2, 0.25) is 6.41 Å². The summed E-state index contributed by atoms with van der Waals surface area (Å²) in [5.74, 6) is 0. The van der Waals surface area contributed by atoms with Crippen LogP contribution in [0.3, 0.4) is 0 Å². The summed E-state index contributed by atoms with van der Waals surface area (Å²) in [5, 5.41) is 2.47. The van der Waals surface area contributed by atoms with Gasteiger partial charge in [0.05, 0.1) is 13.3 Å². The maximum absolute atomic E-state index is 11.5. The number of nitrogens with zero attached hydrogens (tertiary/aromatic N) is 1. The molecule has 0 aliphatic carbocycles. The highest BCUT2D eigenvalue weighted by Gasteiger charge is 2.12. The fourth-order valence-corrected chi connectivity index (χ4v) is 1.33. The number of carbonyl (C=O) groups is 2. The summed E-state index contributed by atoms with van der Waals surface area (Å²) in [6, 6.07) is 0. The maximum Gasteiger partial charge on any atom is 0.411 e. The molecule has 0 bridgehead atoms. The highest BCUT2D eigenvalue weighted by molar-refractivity contribution is 5.67. The van der Waals surface area contributed by atoms with Gasteiger partial charge in [-0.15, -0.1) is 0 Å². The van der Waals surface area contributed by atoms with Gasteiger partial charge in [-0.1, -0.05) is 26.2 Å². The van der Waals surface area contributed by atoms with E-state index in [1.165, 1.54) is 4.90 Å². The molecule has 2 amide bonds. The number of unbranched alkanes of at least 4 members (excludes halogenated alkanes) is 3. The fourth-order valence-electron chi connectivity index (χ4n) is 1.33. The zero-order chi connectivity index (χ0) is 12.2. The molecule has 16 heavy (non-hydrogen) atoms. The average molecular weight is 230 g/mol. The van der Waals surface area contributed by atoms with Crippen LogP contribution >= 0.6 is 0 Å². The predicted octanol–water partition coefficient (Wildman–Crippen LogP) is 1.73. The minimum Gasteiger partial charge on any atom is -0.450 e. The Bertz CT molecular complexity index is 198. The van der Waals surface area contributed by atoms with Crippen LogP contribution in [-0.4, -0.2) is 37.2 Å². The highest BCUT2D eigenvalue weighted by Crippen LogP contribution is 2.02. The van der Waals surface area contributed by atoms with Crippen LogP contribution in [0.4, 0.5) is 4.79 Å². The molecule has 0 aromatic rings. The Morgan fingerprint density at radius 3 is 2.62 bits per heavy atom. The van der Waals surface area contributed by atoms with Crippen LogP contribution in [0.15, 0.2) is 0 Å². The molecule has 0 heterocycles. The molecule has 0 unspecified atom stereocenters. The first-order valence-corrected chi connectivity index (χ1v) is 5.85. The van der Waals surface area contributed by atoms with Gasteiger partial charge in [-0.3, -0.25) is 9.69 Å². The lowest BCUT2D eigenvalue weighted by Gasteiger charge is -2.21. The van der Waals surface area contributed by atoms with E-state index in [1.807, 2.05) is 0 Å². The Morgan fingerprint density at radius 2 is 2.06 bits per heavy atom. The van der Waals surface area contributed by atoms with Crippen molar-refractivity contribution in [3.8, 4) is 0 Å². The van der Waals surface area contributed by atoms with Crippen molar-refractivity contribution >= 4 is 12.5 Å². The van der Waals surface area contributed by atoms with Crippen molar-refractivity contribution in [3.05, 3.63) is 0 Å². The van der Waals surface area contributed by atoms with E-state index in [-0.39, 0.29) is 12.8 Å². The third-order valence-corrected chi connectivity index (χ3v) is 2.17. The first-order valence-electron chi connectivity index (χ1n) is 5.85. The number of rotatable bonds is 9. The zero-order valence-electron chi connectivity index (χ0n) is 10.2. The molecule has 94 valence electrons. The Morgan fingerprint density at radius 1 is 1.31 bits per heavy atom. The Kier molecular flexibility index (Phi) is 9.46. The predicted molar refractivity (Wildman–Crippen MR) is 61.9 cm³/mol. The number of nitrogens with one attached hydrogen (secondary N) is 1. The fraction of sp³-hybridized carbons (Fsp3) is 0.818. The molecule has 0 spiro atoms. The van der Waals surface area contributed by atoms with Crippen LogP contribution in [0.25, 0.3) is 0 Å². The van der Waals surface area contributed by atoms with E-state index >= 15 is 0 Å². The number of carbonyl (C=O) groups excluding carboxylic acids is 2. The molecule has 0 aromatic carbocycles. The summed E-state index contributed by atoms with van der Waals surface area (Å²) in [6.45, 7) is 5.09. The summed E-state index contributed by atoms with van der Waals surface area (Å²) in [6.07, 6.45) is 4.57. The van der Waals surface area contributed by atoms with Gasteiger partial charge in [0.25, 0.3) is 0 Å². The normalized spacial score (nSPS) is 9.62. The van der Waals surface area contributed by atoms with Gasteiger partial charge in [-0.05, 0) is 13.3 Å². The van der Waals surface area contributed by atoms with Crippen molar-refractivity contribution in [1.29, 1.82) is 0 Å². The van der Waals surface area contributed by atoms with E-state index in [0.29, 0.717) is 19.6 Å². The van der Waals surface area contributed by atoms with Gasteiger partial charge in [0.15, 0.2) is 0 Å². The topological polar surface area (TPSA) is 58.6 Å². The number of hydrogen-bond acceptors (Lipinski definition) is 3. The van der Waals surface area contributed by atoms with E-state index < -0.39 is 0 Å². The minimum absolute atomic E-state index is 0.217. The van der Waals surface area contributed by atoms with Crippen molar-refractivity contribution in [1.82, 2.24) is 10.2 Å². The number of ether oxygens (including phenoxy) is 1. The van der Waals surface area contributed by atoms with Gasteiger partial charge < -0.3 is 10.1 Å². The Balaban J connectivity index is 3.88. The number of hydrogen-bond donors (Lipinski definition) is 1. The molecule has 5 nitrogen and oxygen atoms in total. The molecule has 1 N–H and O–H groups in total. The van der Waals surface area contributed by atoms with Crippen molar-refractivity contribution in [2.45, 2.75) is 39.5 Å². The van der Waals surface area contributed by atoms with Crippen LogP contribution in [0.2, 0.25) is 0 Å². The summed E-state index contributed by atoms with van der Waals surface area (Å²) in [7, 11) is 0. The van der Waals surface area contributed by atoms with E-state index in [1.54, 1.807) is 6.92 Å². The summed E-state index contributed by atoms with van der Waals surface area (Å²) >= 11 is 0. The molecule has 0 aliphatic heterocycles. The Hall–Kier alpha value is -1.26. The summed E-state index contributed by atoms with van der Waals surface area (Å²) in [5.41, 5.74) is 0. The van der Waals surface area contributed by atoms with E-state index in [0.717, 1.165) is 25.7 Å². The SMILES string of the molecule is CCCCCCN(CNC=O)C(=O)OCC. The second-order valence-electron chi connectivity index (χ2n) is 3.50. The molecular formula is C11H22N2O3. The van der Waals surface area contributed by atoms with Crippen LogP contribution in [-0.2, 0) is 9.53 Å². The second-order valence-corrected chi connectivity index (χ2v) is 3.50. The second kappa shape index (κ2) is 10.3. The molecule has 0 saturated carbocycles. The highest BCUT2D eigenvalue weighted by atomic mass is 16.6. The molecule has 0 aromatic heterocycles. The lowest BCUT2D eigenvalue weighted by Crippen LogP contribution is -2.39. The summed E-state index contributed by atoms with van der Waals surface area (Å²) < 4.78 is 4.89. The van der Waals surface area contributed by atoms with E-state index in [2.05, 4.69) is 12.2 Å². The van der Waals surface area contributed by atoms with Gasteiger partial charge in [0.1, 0.15) is 0 Å². The van der Waals surface area contributed by atoms with Crippen LogP contribution in [0.1, 0.15) is 39.5 Å². The monoisotopic (exact) mass is 230 g/mol. The van der Waals surface area contributed by atoms with Gasteiger partial charge in [-0.25, -0.2) is 4.79 Å². The van der Waals surface area contributed by atoms with Gasteiger partial charge in [-0.2, -0.15) is 0 Å². The minimum atomic E-state index is -0.367. The van der Waals surface area contributed by atoms with Crippen LogP contribution < -0.4 is 5.32 Å². The largest absolute Gasteiger partial charge is 0.450 e. The first-order chi connectivity index (χ1) is 7.76. The first kappa shape index (κ1) is 14.7. The lowest BCUT2D eigenvalue weighted by atomic mass is 10.2. The third-order valence-electron chi connectivity index (χ3n) is 2.17. The molecule has 0 aliphatic rings. The molecule has 5 heteroatoms. The smallest absolute Gasteiger partial charge is 0.411 e. The third kappa shape index (κ3) is 7.09. The van der Waals surface area contributed by atoms with Crippen LogP contribution in [0.5, 0.6) is 0 Å². The molecule has 0 fully saturated rings. The standard InChI is InChI=1S/C11H22N2O3/c1-3-5-6-7-8-13(9-12-10-14)11(15)16-4-2/h10H,3-9H2,1-2H3,(H,12,14). The average Bonchev–Trinajstić information content (AvgIpc) is 2.28. The van der Waals surface area contributed by atoms with Crippen molar-refractivity contribution in [2.24, 2.45) is 0 Å². The van der Waals surface area contributed by atoms with Gasteiger partial charge in [0, 0.05) is 6.54 Å². The van der Waals surface area contributed by atoms with Gasteiger partial charge >= 0.3 is 6.09 Å². The van der Waals surface area contributed by atoms with Crippen molar-refractivity contribution < 1.29 is 14.3 Å². The van der Waals surface area contributed by atoms with E-state index in [4.69, 9.17) is 4.74 Å². The van der Waals surface area contributed by atoms with E-state index in [9.17, 15) is 9.59 Å². The zero-order valence-corrected chi connectivity index (χ0v) is 10.2. The molecule has 0 radical (unpaired) electrons. The molecule has 0 saturated heterocycles. The van der Waals surface area contributed by atoms with Crippen molar-refractivity contribution in [3.63, 3.8) is 0 Å². The quantitative estimate of drug-likeness (QED) is 0.373.